The van der Waals surface area contributed by atoms with Crippen molar-refractivity contribution in [3.8, 4) is 23.8 Å². The SMILES string of the molecule is C#CCOc1ccc(C(=O)/C=C/c2ccc(F)cc2F)cc1OC. The van der Waals surface area contributed by atoms with Crippen molar-refractivity contribution in [3.05, 3.63) is 65.2 Å². The third-order valence-electron chi connectivity index (χ3n) is 3.14. The van der Waals surface area contributed by atoms with E-state index in [2.05, 4.69) is 5.92 Å². The molecule has 0 aliphatic rings. The van der Waals surface area contributed by atoms with Crippen molar-refractivity contribution < 1.29 is 23.0 Å². The molecule has 2 aromatic carbocycles. The number of hydrogen-bond donors (Lipinski definition) is 0. The largest absolute Gasteiger partial charge is 0.493 e. The molecule has 3 nitrogen and oxygen atoms in total. The molecule has 0 atom stereocenters. The fourth-order valence-electron chi connectivity index (χ4n) is 1.96. The maximum absolute atomic E-state index is 13.5. The van der Waals surface area contributed by atoms with Crippen molar-refractivity contribution in [2.75, 3.05) is 13.7 Å². The first-order valence-corrected chi connectivity index (χ1v) is 6.97. The van der Waals surface area contributed by atoms with E-state index in [0.717, 1.165) is 12.1 Å². The maximum atomic E-state index is 13.5. The van der Waals surface area contributed by atoms with E-state index in [1.165, 1.54) is 31.4 Å². The zero-order chi connectivity index (χ0) is 17.5. The highest BCUT2D eigenvalue weighted by Gasteiger charge is 2.09. The predicted octanol–water partition coefficient (Wildman–Crippen LogP) is 3.88. The number of allylic oxidation sites excluding steroid dienone is 1. The van der Waals surface area contributed by atoms with Crippen LogP contribution in [0.5, 0.6) is 11.5 Å². The number of hydrogen-bond acceptors (Lipinski definition) is 3. The van der Waals surface area contributed by atoms with Gasteiger partial charge in [0, 0.05) is 17.2 Å². The van der Waals surface area contributed by atoms with Crippen LogP contribution in [0.2, 0.25) is 0 Å². The third kappa shape index (κ3) is 4.20. The van der Waals surface area contributed by atoms with Crippen LogP contribution in [0.25, 0.3) is 6.08 Å². The third-order valence-corrected chi connectivity index (χ3v) is 3.14. The Kier molecular flexibility index (Phi) is 5.69. The van der Waals surface area contributed by atoms with Gasteiger partial charge in [-0.3, -0.25) is 4.79 Å². The van der Waals surface area contributed by atoms with E-state index in [-0.39, 0.29) is 18.0 Å². The van der Waals surface area contributed by atoms with E-state index in [0.29, 0.717) is 17.1 Å². The Morgan fingerprint density at radius 1 is 1.21 bits per heavy atom. The van der Waals surface area contributed by atoms with Gasteiger partial charge in [0.15, 0.2) is 17.3 Å². The van der Waals surface area contributed by atoms with Gasteiger partial charge >= 0.3 is 0 Å². The molecule has 24 heavy (non-hydrogen) atoms. The molecule has 0 radical (unpaired) electrons. The van der Waals surface area contributed by atoms with Crippen molar-refractivity contribution in [2.24, 2.45) is 0 Å². The second-order valence-corrected chi connectivity index (χ2v) is 4.72. The molecule has 0 unspecified atom stereocenters. The number of methoxy groups -OCH3 is 1. The molecule has 0 aliphatic carbocycles. The number of ether oxygens (including phenoxy) is 2. The average Bonchev–Trinajstić information content (AvgIpc) is 2.58. The highest BCUT2D eigenvalue weighted by atomic mass is 19.1. The first kappa shape index (κ1) is 17.2. The lowest BCUT2D eigenvalue weighted by Gasteiger charge is -2.09. The van der Waals surface area contributed by atoms with E-state index < -0.39 is 11.6 Å². The molecular formula is C19H14F2O3. The van der Waals surface area contributed by atoms with Gasteiger partial charge in [-0.25, -0.2) is 8.78 Å². The van der Waals surface area contributed by atoms with Gasteiger partial charge in [-0.15, -0.1) is 6.42 Å². The molecule has 0 saturated carbocycles. The summed E-state index contributed by atoms with van der Waals surface area (Å²) in [6.45, 7) is 0.0768. The van der Waals surface area contributed by atoms with Crippen molar-refractivity contribution in [3.63, 3.8) is 0 Å². The first-order chi connectivity index (χ1) is 11.5. The van der Waals surface area contributed by atoms with Gasteiger partial charge in [-0.05, 0) is 42.5 Å². The summed E-state index contributed by atoms with van der Waals surface area (Å²) in [6.07, 6.45) is 7.61. The smallest absolute Gasteiger partial charge is 0.185 e. The normalized spacial score (nSPS) is 10.4. The summed E-state index contributed by atoms with van der Waals surface area (Å²) in [5.74, 6) is 1.33. The standard InChI is InChI=1S/C19H14F2O3/c1-3-10-24-18-9-6-14(11-19(18)23-2)17(22)8-5-13-4-7-15(20)12-16(13)21/h1,4-9,11-12H,10H2,2H3/b8-5+. The van der Waals surface area contributed by atoms with Crippen LogP contribution in [0, 0.1) is 24.0 Å². The summed E-state index contributed by atoms with van der Waals surface area (Å²) in [5, 5.41) is 0. The Labute approximate surface area is 138 Å². The predicted molar refractivity (Wildman–Crippen MR) is 87.0 cm³/mol. The molecule has 0 amide bonds. The Hall–Kier alpha value is -3.13. The van der Waals surface area contributed by atoms with Crippen LogP contribution < -0.4 is 9.47 Å². The molecule has 0 spiro atoms. The van der Waals surface area contributed by atoms with Gasteiger partial charge in [0.1, 0.15) is 18.2 Å². The van der Waals surface area contributed by atoms with Gasteiger partial charge in [0.05, 0.1) is 7.11 Å². The highest BCUT2D eigenvalue weighted by Crippen LogP contribution is 2.28. The number of terminal acetylenes is 1. The van der Waals surface area contributed by atoms with Crippen LogP contribution in [-0.2, 0) is 0 Å². The van der Waals surface area contributed by atoms with Crippen molar-refractivity contribution in [2.45, 2.75) is 0 Å². The zero-order valence-electron chi connectivity index (χ0n) is 12.9. The summed E-state index contributed by atoms with van der Waals surface area (Å²) in [7, 11) is 1.44. The van der Waals surface area contributed by atoms with Crippen LogP contribution in [0.4, 0.5) is 8.78 Å². The second-order valence-electron chi connectivity index (χ2n) is 4.72. The van der Waals surface area contributed by atoms with Crippen LogP contribution in [-0.4, -0.2) is 19.5 Å². The van der Waals surface area contributed by atoms with Crippen LogP contribution >= 0.6 is 0 Å². The van der Waals surface area contributed by atoms with E-state index in [1.807, 2.05) is 0 Å². The number of halogens is 2. The van der Waals surface area contributed by atoms with E-state index in [9.17, 15) is 13.6 Å². The van der Waals surface area contributed by atoms with Gasteiger partial charge in [-0.1, -0.05) is 5.92 Å². The fraction of sp³-hybridized carbons (Fsp3) is 0.105. The fourth-order valence-corrected chi connectivity index (χ4v) is 1.96. The summed E-state index contributed by atoms with van der Waals surface area (Å²) in [5.41, 5.74) is 0.448. The lowest BCUT2D eigenvalue weighted by molar-refractivity contribution is 0.104. The molecule has 0 aliphatic heterocycles. The Morgan fingerprint density at radius 2 is 2.00 bits per heavy atom. The quantitative estimate of drug-likeness (QED) is 0.459. The van der Waals surface area contributed by atoms with Crippen LogP contribution in [0.15, 0.2) is 42.5 Å². The summed E-state index contributed by atoms with van der Waals surface area (Å²) < 4.78 is 36.8. The minimum atomic E-state index is -0.741. The van der Waals surface area contributed by atoms with E-state index >= 15 is 0 Å². The number of carbonyl (C=O) groups excluding carboxylic acids is 1. The topological polar surface area (TPSA) is 35.5 Å². The summed E-state index contributed by atoms with van der Waals surface area (Å²) in [4.78, 5) is 12.2. The lowest BCUT2D eigenvalue weighted by atomic mass is 10.1. The lowest BCUT2D eigenvalue weighted by Crippen LogP contribution is -2.00. The number of ketones is 1. The van der Waals surface area contributed by atoms with Gasteiger partial charge < -0.3 is 9.47 Å². The average molecular weight is 328 g/mol. The first-order valence-electron chi connectivity index (χ1n) is 6.97. The van der Waals surface area contributed by atoms with E-state index in [1.54, 1.807) is 12.1 Å². The van der Waals surface area contributed by atoms with Crippen LogP contribution in [0.3, 0.4) is 0 Å². The molecule has 2 rings (SSSR count). The number of carbonyl (C=O) groups is 1. The minimum absolute atomic E-state index is 0.0768. The molecule has 5 heteroatoms. The Bertz CT molecular complexity index is 820. The van der Waals surface area contributed by atoms with Gasteiger partial charge in [-0.2, -0.15) is 0 Å². The summed E-state index contributed by atoms with van der Waals surface area (Å²) in [6, 6.07) is 7.74. The Morgan fingerprint density at radius 3 is 2.67 bits per heavy atom. The van der Waals surface area contributed by atoms with Crippen LogP contribution in [0.1, 0.15) is 15.9 Å². The second kappa shape index (κ2) is 7.93. The summed E-state index contributed by atoms with van der Waals surface area (Å²) >= 11 is 0. The maximum Gasteiger partial charge on any atom is 0.185 e. The Balaban J connectivity index is 2.20. The van der Waals surface area contributed by atoms with Gasteiger partial charge in [0.25, 0.3) is 0 Å². The van der Waals surface area contributed by atoms with Crippen molar-refractivity contribution in [1.82, 2.24) is 0 Å². The molecule has 2 aromatic rings. The molecule has 0 saturated heterocycles. The monoisotopic (exact) mass is 328 g/mol. The molecular weight excluding hydrogens is 314 g/mol. The molecule has 122 valence electrons. The van der Waals surface area contributed by atoms with Gasteiger partial charge in [0.2, 0.25) is 0 Å². The van der Waals surface area contributed by atoms with Crippen molar-refractivity contribution in [1.29, 1.82) is 0 Å². The zero-order valence-corrected chi connectivity index (χ0v) is 12.9. The molecule has 0 bridgehead atoms. The molecule has 0 heterocycles. The minimum Gasteiger partial charge on any atom is -0.493 e. The number of benzene rings is 2. The molecule has 0 N–H and O–H groups in total. The number of rotatable bonds is 6. The van der Waals surface area contributed by atoms with Crippen molar-refractivity contribution >= 4 is 11.9 Å². The van der Waals surface area contributed by atoms with E-state index in [4.69, 9.17) is 15.9 Å². The molecule has 0 fully saturated rings. The highest BCUT2D eigenvalue weighted by molar-refractivity contribution is 6.07. The molecule has 0 aromatic heterocycles.